The first-order valence-corrected chi connectivity index (χ1v) is 7.53. The fourth-order valence-corrected chi connectivity index (χ4v) is 3.16. The van der Waals surface area contributed by atoms with Crippen LogP contribution >= 0.6 is 15.9 Å². The van der Waals surface area contributed by atoms with Crippen LogP contribution in [0.3, 0.4) is 0 Å². The van der Waals surface area contributed by atoms with E-state index in [1.165, 1.54) is 25.7 Å². The second kappa shape index (κ2) is 6.48. The van der Waals surface area contributed by atoms with Crippen LogP contribution in [0.2, 0.25) is 0 Å². The Labute approximate surface area is 121 Å². The molecule has 0 amide bonds. The largest absolute Gasteiger partial charge is 0.310 e. The molecule has 1 aromatic rings. The minimum absolute atomic E-state index is 0.127. The number of halogens is 1. The van der Waals surface area contributed by atoms with Crippen LogP contribution in [-0.2, 0) is 6.54 Å². The Balaban J connectivity index is 1.97. The third-order valence-corrected chi connectivity index (χ3v) is 4.65. The van der Waals surface area contributed by atoms with Gasteiger partial charge in [-0.25, -0.2) is 0 Å². The van der Waals surface area contributed by atoms with Crippen LogP contribution in [-0.4, -0.2) is 11.0 Å². The normalized spacial score (nSPS) is 23.3. The lowest BCUT2D eigenvalue weighted by Crippen LogP contribution is -2.36. The lowest BCUT2D eigenvalue weighted by Gasteiger charge is -2.29. The van der Waals surface area contributed by atoms with Gasteiger partial charge < -0.3 is 5.32 Å². The van der Waals surface area contributed by atoms with Crippen molar-refractivity contribution in [3.63, 3.8) is 0 Å². The van der Waals surface area contributed by atoms with E-state index in [2.05, 4.69) is 28.2 Å². The Bertz CT molecular complexity index is 465. The topological polar surface area (TPSA) is 55.2 Å². The highest BCUT2D eigenvalue weighted by molar-refractivity contribution is 9.10. The average molecular weight is 327 g/mol. The van der Waals surface area contributed by atoms with Crippen molar-refractivity contribution in [1.29, 1.82) is 0 Å². The van der Waals surface area contributed by atoms with Crippen LogP contribution in [0.15, 0.2) is 22.7 Å². The maximum absolute atomic E-state index is 10.7. The van der Waals surface area contributed by atoms with Gasteiger partial charge in [-0.2, -0.15) is 0 Å². The van der Waals surface area contributed by atoms with Gasteiger partial charge in [0.05, 0.1) is 4.92 Å². The molecule has 0 aromatic heterocycles. The molecule has 1 fully saturated rings. The second-order valence-corrected chi connectivity index (χ2v) is 6.14. The summed E-state index contributed by atoms with van der Waals surface area (Å²) in [6.07, 6.45) is 5.15. The lowest BCUT2D eigenvalue weighted by molar-refractivity contribution is -0.384. The predicted octanol–water partition coefficient (Wildman–Crippen LogP) is 4.03. The van der Waals surface area contributed by atoms with Gasteiger partial charge in [0, 0.05) is 29.2 Å². The average Bonchev–Trinajstić information content (AvgIpc) is 2.39. The van der Waals surface area contributed by atoms with E-state index in [0.29, 0.717) is 12.0 Å². The molecule has 0 bridgehead atoms. The van der Waals surface area contributed by atoms with Crippen molar-refractivity contribution < 1.29 is 4.92 Å². The molecule has 1 saturated carbocycles. The monoisotopic (exact) mass is 326 g/mol. The standard InChI is InChI=1S/C14H19BrN2O2/c1-10-4-2-3-5-14(10)16-9-11-6-7-12(17(18)19)8-13(11)15/h6-8,10,14,16H,2-5,9H2,1H3. The molecule has 19 heavy (non-hydrogen) atoms. The number of nitro groups is 1. The van der Waals surface area contributed by atoms with Crippen molar-refractivity contribution in [2.45, 2.75) is 45.2 Å². The van der Waals surface area contributed by atoms with Gasteiger partial charge in [-0.1, -0.05) is 35.7 Å². The van der Waals surface area contributed by atoms with E-state index in [1.807, 2.05) is 6.07 Å². The highest BCUT2D eigenvalue weighted by Crippen LogP contribution is 2.26. The van der Waals surface area contributed by atoms with Crippen molar-refractivity contribution >= 4 is 21.6 Å². The summed E-state index contributed by atoms with van der Waals surface area (Å²) in [5.41, 5.74) is 1.20. The summed E-state index contributed by atoms with van der Waals surface area (Å²) in [7, 11) is 0. The number of hydrogen-bond acceptors (Lipinski definition) is 3. The highest BCUT2D eigenvalue weighted by Gasteiger charge is 2.20. The first kappa shape index (κ1) is 14.5. The van der Waals surface area contributed by atoms with Crippen molar-refractivity contribution in [3.05, 3.63) is 38.3 Å². The molecule has 104 valence electrons. The van der Waals surface area contributed by atoms with Gasteiger partial charge in [-0.15, -0.1) is 0 Å². The molecule has 5 heteroatoms. The van der Waals surface area contributed by atoms with E-state index in [-0.39, 0.29) is 10.6 Å². The SMILES string of the molecule is CC1CCCCC1NCc1ccc([N+](=O)[O-])cc1Br. The Morgan fingerprint density at radius 1 is 1.42 bits per heavy atom. The predicted molar refractivity (Wildman–Crippen MR) is 79.1 cm³/mol. The summed E-state index contributed by atoms with van der Waals surface area (Å²) < 4.78 is 0.803. The molecule has 1 aliphatic carbocycles. The van der Waals surface area contributed by atoms with Crippen molar-refractivity contribution in [1.82, 2.24) is 5.32 Å². The number of hydrogen-bond donors (Lipinski definition) is 1. The van der Waals surface area contributed by atoms with Crippen LogP contribution in [0.5, 0.6) is 0 Å². The van der Waals surface area contributed by atoms with Crippen LogP contribution < -0.4 is 5.32 Å². The molecule has 0 saturated heterocycles. The molecule has 2 atom stereocenters. The van der Waals surface area contributed by atoms with Gasteiger partial charge >= 0.3 is 0 Å². The molecule has 1 N–H and O–H groups in total. The summed E-state index contributed by atoms with van der Waals surface area (Å²) in [5.74, 6) is 0.713. The number of benzene rings is 1. The van der Waals surface area contributed by atoms with E-state index in [0.717, 1.165) is 16.6 Å². The molecule has 1 aromatic carbocycles. The maximum atomic E-state index is 10.7. The molecule has 0 aliphatic heterocycles. The fourth-order valence-electron chi connectivity index (χ4n) is 2.65. The first-order chi connectivity index (χ1) is 9.08. The molecule has 4 nitrogen and oxygen atoms in total. The Morgan fingerprint density at radius 3 is 2.79 bits per heavy atom. The van der Waals surface area contributed by atoms with Crippen LogP contribution in [0.1, 0.15) is 38.2 Å². The quantitative estimate of drug-likeness (QED) is 0.671. The molecular formula is C14H19BrN2O2. The fraction of sp³-hybridized carbons (Fsp3) is 0.571. The van der Waals surface area contributed by atoms with E-state index < -0.39 is 0 Å². The van der Waals surface area contributed by atoms with E-state index >= 15 is 0 Å². The zero-order valence-corrected chi connectivity index (χ0v) is 12.6. The van der Waals surface area contributed by atoms with Crippen molar-refractivity contribution in [2.24, 2.45) is 5.92 Å². The summed E-state index contributed by atoms with van der Waals surface area (Å²) in [6, 6.07) is 5.52. The van der Waals surface area contributed by atoms with Gasteiger partial charge in [-0.3, -0.25) is 10.1 Å². The van der Waals surface area contributed by atoms with E-state index in [1.54, 1.807) is 12.1 Å². The molecular weight excluding hydrogens is 308 g/mol. The van der Waals surface area contributed by atoms with Gasteiger partial charge in [0.2, 0.25) is 0 Å². The molecule has 2 rings (SSSR count). The third kappa shape index (κ3) is 3.76. The minimum Gasteiger partial charge on any atom is -0.310 e. The lowest BCUT2D eigenvalue weighted by atomic mass is 9.86. The maximum Gasteiger partial charge on any atom is 0.270 e. The van der Waals surface area contributed by atoms with Gasteiger partial charge in [-0.05, 0) is 30.4 Å². The number of rotatable bonds is 4. The Kier molecular flexibility index (Phi) is 4.93. The molecule has 0 spiro atoms. The van der Waals surface area contributed by atoms with Gasteiger partial charge in [0.1, 0.15) is 0 Å². The Hall–Kier alpha value is -0.940. The number of nitrogens with zero attached hydrogens (tertiary/aromatic N) is 1. The number of nitrogens with one attached hydrogen (secondary N) is 1. The third-order valence-electron chi connectivity index (χ3n) is 3.91. The molecule has 0 heterocycles. The molecule has 0 radical (unpaired) electrons. The smallest absolute Gasteiger partial charge is 0.270 e. The highest BCUT2D eigenvalue weighted by atomic mass is 79.9. The molecule has 1 aliphatic rings. The number of nitro benzene ring substituents is 1. The van der Waals surface area contributed by atoms with Gasteiger partial charge in [0.25, 0.3) is 5.69 Å². The van der Waals surface area contributed by atoms with E-state index in [9.17, 15) is 10.1 Å². The summed E-state index contributed by atoms with van der Waals surface area (Å²) >= 11 is 3.41. The summed E-state index contributed by atoms with van der Waals surface area (Å²) in [6.45, 7) is 3.05. The van der Waals surface area contributed by atoms with Crippen LogP contribution in [0.25, 0.3) is 0 Å². The van der Waals surface area contributed by atoms with Crippen molar-refractivity contribution in [2.75, 3.05) is 0 Å². The zero-order valence-electron chi connectivity index (χ0n) is 11.1. The zero-order chi connectivity index (χ0) is 13.8. The van der Waals surface area contributed by atoms with Gasteiger partial charge in [0.15, 0.2) is 0 Å². The van der Waals surface area contributed by atoms with E-state index in [4.69, 9.17) is 0 Å². The number of non-ortho nitro benzene ring substituents is 1. The van der Waals surface area contributed by atoms with Crippen LogP contribution in [0.4, 0.5) is 5.69 Å². The minimum atomic E-state index is -0.370. The van der Waals surface area contributed by atoms with Crippen LogP contribution in [0, 0.1) is 16.0 Å². The summed E-state index contributed by atoms with van der Waals surface area (Å²) in [4.78, 5) is 10.3. The summed E-state index contributed by atoms with van der Waals surface area (Å²) in [5, 5.41) is 14.3. The second-order valence-electron chi connectivity index (χ2n) is 5.28. The molecule has 2 unspecified atom stereocenters. The van der Waals surface area contributed by atoms with Crippen molar-refractivity contribution in [3.8, 4) is 0 Å². The first-order valence-electron chi connectivity index (χ1n) is 6.74. The Morgan fingerprint density at radius 2 is 2.16 bits per heavy atom.